The first-order valence-electron chi connectivity index (χ1n) is 9.94. The zero-order chi connectivity index (χ0) is 19.0. The summed E-state index contributed by atoms with van der Waals surface area (Å²) in [5, 5.41) is 14.2. The van der Waals surface area contributed by atoms with Gasteiger partial charge in [-0.2, -0.15) is 0 Å². The second-order valence-electron chi connectivity index (χ2n) is 8.48. The molecule has 1 amide bonds. The van der Waals surface area contributed by atoms with E-state index >= 15 is 0 Å². The summed E-state index contributed by atoms with van der Waals surface area (Å²) in [7, 11) is 0. The smallest absolute Gasteiger partial charge is 0.253 e. The van der Waals surface area contributed by atoms with E-state index in [0.29, 0.717) is 11.5 Å². The second-order valence-corrected chi connectivity index (χ2v) is 8.48. The van der Waals surface area contributed by atoms with Crippen molar-refractivity contribution in [3.05, 3.63) is 30.1 Å². The summed E-state index contributed by atoms with van der Waals surface area (Å²) in [6.07, 6.45) is 8.36. The highest BCUT2D eigenvalue weighted by atomic mass is 16.3. The minimum absolute atomic E-state index is 0.0806. The lowest BCUT2D eigenvalue weighted by atomic mass is 9.77. The third-order valence-corrected chi connectivity index (χ3v) is 6.05. The van der Waals surface area contributed by atoms with Gasteiger partial charge in [-0.3, -0.25) is 9.78 Å². The Morgan fingerprint density at radius 2 is 1.89 bits per heavy atom. The minimum atomic E-state index is -0.640. The number of hydrogen-bond donors (Lipinski definition) is 2. The number of aliphatic hydroxyl groups is 1. The van der Waals surface area contributed by atoms with E-state index < -0.39 is 5.60 Å². The molecular weight excluding hydrogens is 340 g/mol. The van der Waals surface area contributed by atoms with E-state index in [1.54, 1.807) is 12.4 Å². The van der Waals surface area contributed by atoms with Crippen LogP contribution < -0.4 is 10.2 Å². The number of pyridine rings is 2. The van der Waals surface area contributed by atoms with Crippen molar-refractivity contribution in [1.29, 1.82) is 0 Å². The van der Waals surface area contributed by atoms with E-state index in [2.05, 4.69) is 20.2 Å². The molecule has 2 N–H and O–H groups in total. The van der Waals surface area contributed by atoms with Crippen LogP contribution in [0.5, 0.6) is 0 Å². The first-order valence-corrected chi connectivity index (χ1v) is 9.94. The number of hydrogen-bond acceptors (Lipinski definition) is 5. The summed E-state index contributed by atoms with van der Waals surface area (Å²) in [5.74, 6) is 1.18. The molecule has 2 fully saturated rings. The van der Waals surface area contributed by atoms with Crippen molar-refractivity contribution in [3.63, 3.8) is 0 Å². The molecule has 0 spiro atoms. The monoisotopic (exact) mass is 368 g/mol. The highest BCUT2D eigenvalue weighted by molar-refractivity contribution is 5.97. The average Bonchev–Trinajstić information content (AvgIpc) is 2.59. The van der Waals surface area contributed by atoms with E-state index in [-0.39, 0.29) is 11.9 Å². The Labute approximate surface area is 160 Å². The third-order valence-electron chi connectivity index (χ3n) is 6.05. The Morgan fingerprint density at radius 3 is 2.52 bits per heavy atom. The molecule has 0 radical (unpaired) electrons. The van der Waals surface area contributed by atoms with Crippen LogP contribution >= 0.6 is 0 Å². The summed E-state index contributed by atoms with van der Waals surface area (Å²) >= 11 is 0. The van der Waals surface area contributed by atoms with E-state index in [4.69, 9.17) is 0 Å². The van der Waals surface area contributed by atoms with Crippen LogP contribution in [0.4, 0.5) is 5.82 Å². The van der Waals surface area contributed by atoms with Crippen LogP contribution in [-0.2, 0) is 0 Å². The van der Waals surface area contributed by atoms with Gasteiger partial charge in [0.15, 0.2) is 0 Å². The van der Waals surface area contributed by atoms with Gasteiger partial charge in [-0.1, -0.05) is 0 Å². The Bertz CT molecular complexity index is 834. The first kappa shape index (κ1) is 18.2. The average molecular weight is 368 g/mol. The molecule has 0 unspecified atom stereocenters. The Morgan fingerprint density at radius 1 is 1.15 bits per heavy atom. The molecule has 144 valence electrons. The normalized spacial score (nSPS) is 23.1. The van der Waals surface area contributed by atoms with Crippen LogP contribution in [0.25, 0.3) is 10.9 Å². The molecule has 1 saturated carbocycles. The van der Waals surface area contributed by atoms with Gasteiger partial charge in [0.25, 0.3) is 5.91 Å². The number of fused-ring (bicyclic) bond motifs is 1. The Hall–Kier alpha value is -2.21. The van der Waals surface area contributed by atoms with Crippen LogP contribution in [-0.4, -0.2) is 45.7 Å². The highest BCUT2D eigenvalue weighted by Crippen LogP contribution is 2.32. The summed E-state index contributed by atoms with van der Waals surface area (Å²) in [6.45, 7) is 5.85. The fourth-order valence-electron chi connectivity index (χ4n) is 4.07. The maximum atomic E-state index is 12.6. The predicted octanol–water partition coefficient (Wildman–Crippen LogP) is 2.90. The zero-order valence-corrected chi connectivity index (χ0v) is 16.1. The molecule has 1 aliphatic carbocycles. The second kappa shape index (κ2) is 7.08. The number of carbonyl (C=O) groups is 1. The van der Waals surface area contributed by atoms with Gasteiger partial charge in [0.1, 0.15) is 5.82 Å². The van der Waals surface area contributed by atoms with Crippen molar-refractivity contribution < 1.29 is 9.90 Å². The van der Waals surface area contributed by atoms with Gasteiger partial charge >= 0.3 is 0 Å². The van der Waals surface area contributed by atoms with Crippen LogP contribution in [0.1, 0.15) is 56.3 Å². The summed E-state index contributed by atoms with van der Waals surface area (Å²) in [5.41, 5.74) is 0.804. The van der Waals surface area contributed by atoms with Gasteiger partial charge in [-0.25, -0.2) is 4.98 Å². The minimum Gasteiger partial charge on any atom is -0.390 e. The molecule has 3 heterocycles. The maximum Gasteiger partial charge on any atom is 0.253 e. The third kappa shape index (κ3) is 3.90. The van der Waals surface area contributed by atoms with Gasteiger partial charge in [0.2, 0.25) is 0 Å². The zero-order valence-electron chi connectivity index (χ0n) is 16.1. The first-order chi connectivity index (χ1) is 12.9. The molecule has 2 aromatic rings. The molecule has 0 bridgehead atoms. The Kier molecular flexibility index (Phi) is 4.76. The lowest BCUT2D eigenvalue weighted by Crippen LogP contribution is -2.41. The number of carbonyl (C=O) groups excluding carboxylic acids is 1. The lowest BCUT2D eigenvalue weighted by Gasteiger charge is -2.36. The van der Waals surface area contributed by atoms with Crippen LogP contribution in [0.3, 0.4) is 0 Å². The Balaban J connectivity index is 1.41. The van der Waals surface area contributed by atoms with Crippen molar-refractivity contribution >= 4 is 22.6 Å². The van der Waals surface area contributed by atoms with E-state index in [1.807, 2.05) is 26.0 Å². The molecule has 2 aliphatic rings. The number of nitrogens with one attached hydrogen (secondary N) is 1. The van der Waals surface area contributed by atoms with Gasteiger partial charge in [0, 0.05) is 43.0 Å². The molecule has 0 atom stereocenters. The van der Waals surface area contributed by atoms with Gasteiger partial charge in [0.05, 0.1) is 16.7 Å². The van der Waals surface area contributed by atoms with E-state index in [9.17, 15) is 9.90 Å². The molecule has 1 saturated heterocycles. The largest absolute Gasteiger partial charge is 0.390 e. The van der Waals surface area contributed by atoms with E-state index in [1.165, 1.54) is 6.42 Å². The van der Waals surface area contributed by atoms with Crippen molar-refractivity contribution in [1.82, 2.24) is 15.3 Å². The number of rotatable bonds is 4. The summed E-state index contributed by atoms with van der Waals surface area (Å²) in [4.78, 5) is 23.9. The highest BCUT2D eigenvalue weighted by Gasteiger charge is 2.31. The van der Waals surface area contributed by atoms with Gasteiger partial charge in [-0.15, -0.1) is 0 Å². The van der Waals surface area contributed by atoms with Crippen molar-refractivity contribution in [3.8, 4) is 0 Å². The van der Waals surface area contributed by atoms with Crippen molar-refractivity contribution in [2.75, 3.05) is 18.0 Å². The quantitative estimate of drug-likeness (QED) is 0.868. The van der Waals surface area contributed by atoms with Crippen molar-refractivity contribution in [2.24, 2.45) is 5.92 Å². The fraction of sp³-hybridized carbons (Fsp3) is 0.571. The van der Waals surface area contributed by atoms with Crippen LogP contribution in [0, 0.1) is 5.92 Å². The number of amides is 1. The topological polar surface area (TPSA) is 78.3 Å². The molecule has 6 heteroatoms. The SMILES string of the molecule is CC(C)(O)C1CCC(NC(=O)c2cnc3cc(N4CCC4)ncc3c2)CC1. The molecule has 1 aliphatic heterocycles. The lowest BCUT2D eigenvalue weighted by molar-refractivity contribution is -0.00257. The molecule has 4 rings (SSSR count). The molecule has 0 aromatic carbocycles. The van der Waals surface area contributed by atoms with Gasteiger partial charge in [-0.05, 0) is 57.9 Å². The molecular formula is C21H28N4O2. The van der Waals surface area contributed by atoms with Crippen molar-refractivity contribution in [2.45, 2.75) is 57.6 Å². The summed E-state index contributed by atoms with van der Waals surface area (Å²) < 4.78 is 0. The molecule has 2 aromatic heterocycles. The number of aromatic nitrogens is 2. The number of anilines is 1. The van der Waals surface area contributed by atoms with Crippen LogP contribution in [0.2, 0.25) is 0 Å². The standard InChI is InChI=1S/C21H28N4O2/c1-21(2,27)16-4-6-17(7-5-16)24-20(26)15-10-14-12-23-19(25-8-3-9-25)11-18(14)22-13-15/h10-13,16-17,27H,3-9H2,1-2H3,(H,24,26). The fourth-order valence-corrected chi connectivity index (χ4v) is 4.07. The molecule has 27 heavy (non-hydrogen) atoms. The summed E-state index contributed by atoms with van der Waals surface area (Å²) in [6, 6.07) is 4.03. The predicted molar refractivity (Wildman–Crippen MR) is 106 cm³/mol. The van der Waals surface area contributed by atoms with Crippen LogP contribution in [0.15, 0.2) is 24.5 Å². The maximum absolute atomic E-state index is 12.6. The number of nitrogens with zero attached hydrogens (tertiary/aromatic N) is 3. The van der Waals surface area contributed by atoms with E-state index in [0.717, 1.165) is 55.5 Å². The van der Waals surface area contributed by atoms with Gasteiger partial charge < -0.3 is 15.3 Å². The molecule has 6 nitrogen and oxygen atoms in total.